The smallest absolute Gasteiger partial charge is 0.408 e. The highest BCUT2D eigenvalue weighted by Gasteiger charge is 2.54. The van der Waals surface area contributed by atoms with E-state index in [4.69, 9.17) is 14.2 Å². The summed E-state index contributed by atoms with van der Waals surface area (Å²) in [5, 5.41) is 2.56. The molecule has 3 rings (SSSR count). The zero-order valence-electron chi connectivity index (χ0n) is 18.0. The maximum Gasteiger partial charge on any atom is 0.408 e. The molecule has 0 aromatic heterocycles. The van der Waals surface area contributed by atoms with Crippen LogP contribution in [0.15, 0.2) is 41.8 Å². The SMILES string of the molecule is CCOC1=C(C(=O)OC(=O)c2ccccc2)N2C(=O)C(NC(=O)OC(C)(C)C)C2CC1. The summed E-state index contributed by atoms with van der Waals surface area (Å²) in [5.41, 5.74) is -0.603. The van der Waals surface area contributed by atoms with Crippen molar-refractivity contribution >= 4 is 23.9 Å². The number of esters is 2. The van der Waals surface area contributed by atoms with Gasteiger partial charge in [-0.1, -0.05) is 18.2 Å². The van der Waals surface area contributed by atoms with Crippen LogP contribution in [-0.4, -0.2) is 53.1 Å². The molecule has 0 spiro atoms. The third-order valence-electron chi connectivity index (χ3n) is 4.77. The summed E-state index contributed by atoms with van der Waals surface area (Å²) in [6.45, 7) is 7.19. The van der Waals surface area contributed by atoms with Crippen LogP contribution < -0.4 is 5.32 Å². The fourth-order valence-electron chi connectivity index (χ4n) is 3.53. The van der Waals surface area contributed by atoms with E-state index in [9.17, 15) is 19.2 Å². The van der Waals surface area contributed by atoms with Crippen LogP contribution in [0.25, 0.3) is 0 Å². The number of alkyl carbamates (subject to hydrolysis) is 1. The number of nitrogens with zero attached hydrogens (tertiary/aromatic N) is 1. The summed E-state index contributed by atoms with van der Waals surface area (Å²) in [6, 6.07) is 6.78. The maximum atomic E-state index is 12.8. The molecular formula is C22H26N2O7. The van der Waals surface area contributed by atoms with Crippen LogP contribution in [0.5, 0.6) is 0 Å². The normalized spacial score (nSPS) is 20.4. The van der Waals surface area contributed by atoms with Crippen LogP contribution in [0.3, 0.4) is 0 Å². The molecule has 166 valence electrons. The van der Waals surface area contributed by atoms with Gasteiger partial charge in [0.05, 0.1) is 18.2 Å². The predicted molar refractivity (Wildman–Crippen MR) is 109 cm³/mol. The van der Waals surface area contributed by atoms with Crippen molar-refractivity contribution in [1.82, 2.24) is 10.2 Å². The number of β-lactam (4-membered cyclic amide) rings is 1. The number of allylic oxidation sites excluding steroid dienone is 1. The van der Waals surface area contributed by atoms with Gasteiger partial charge in [0.25, 0.3) is 5.91 Å². The highest BCUT2D eigenvalue weighted by atomic mass is 16.6. The summed E-state index contributed by atoms with van der Waals surface area (Å²) < 4.78 is 15.8. The Morgan fingerprint density at radius 3 is 2.42 bits per heavy atom. The lowest BCUT2D eigenvalue weighted by Crippen LogP contribution is -2.72. The molecule has 2 atom stereocenters. The van der Waals surface area contributed by atoms with Crippen LogP contribution in [0.4, 0.5) is 4.79 Å². The first-order valence-corrected chi connectivity index (χ1v) is 10.1. The van der Waals surface area contributed by atoms with Crippen LogP contribution in [0, 0.1) is 0 Å². The quantitative estimate of drug-likeness (QED) is 0.434. The molecule has 1 aromatic carbocycles. The van der Waals surface area contributed by atoms with Gasteiger partial charge in [-0.3, -0.25) is 9.69 Å². The molecule has 0 aliphatic carbocycles. The van der Waals surface area contributed by atoms with Crippen molar-refractivity contribution in [1.29, 1.82) is 0 Å². The second-order valence-corrected chi connectivity index (χ2v) is 8.19. The first kappa shape index (κ1) is 22.3. The average Bonchev–Trinajstić information content (AvgIpc) is 2.71. The zero-order chi connectivity index (χ0) is 22.8. The number of rotatable bonds is 5. The van der Waals surface area contributed by atoms with Crippen LogP contribution in [-0.2, 0) is 23.8 Å². The van der Waals surface area contributed by atoms with Gasteiger partial charge in [0.2, 0.25) is 0 Å². The molecule has 2 aliphatic heterocycles. The summed E-state index contributed by atoms with van der Waals surface area (Å²) in [4.78, 5) is 51.3. The fraction of sp³-hybridized carbons (Fsp3) is 0.455. The molecule has 0 saturated carbocycles. The van der Waals surface area contributed by atoms with Gasteiger partial charge in [-0.05, 0) is 46.2 Å². The standard InChI is InChI=1S/C22H26N2O7/c1-5-29-15-12-11-14-16(23-21(28)31-22(2,3)4)18(25)24(14)17(15)20(27)30-19(26)13-9-7-6-8-10-13/h6-10,14,16H,5,11-12H2,1-4H3,(H,23,28). The molecule has 0 radical (unpaired) electrons. The number of amides is 2. The van der Waals surface area contributed by atoms with E-state index in [0.717, 1.165) is 0 Å². The average molecular weight is 430 g/mol. The van der Waals surface area contributed by atoms with Gasteiger partial charge in [-0.15, -0.1) is 0 Å². The van der Waals surface area contributed by atoms with E-state index in [0.29, 0.717) is 12.8 Å². The number of carbonyl (C=O) groups is 4. The fourth-order valence-corrected chi connectivity index (χ4v) is 3.53. The summed E-state index contributed by atoms with van der Waals surface area (Å²) in [7, 11) is 0. The lowest BCUT2D eigenvalue weighted by Gasteiger charge is -2.49. The Bertz CT molecular complexity index is 918. The first-order valence-electron chi connectivity index (χ1n) is 10.1. The molecule has 1 fully saturated rings. The van der Waals surface area contributed by atoms with E-state index in [1.165, 1.54) is 17.0 Å². The molecule has 9 nitrogen and oxygen atoms in total. The Balaban J connectivity index is 1.77. The molecule has 1 saturated heterocycles. The molecule has 31 heavy (non-hydrogen) atoms. The highest BCUT2D eigenvalue weighted by molar-refractivity contribution is 6.06. The summed E-state index contributed by atoms with van der Waals surface area (Å²) in [6.07, 6.45) is 0.123. The topological polar surface area (TPSA) is 111 Å². The number of benzene rings is 1. The molecule has 2 aliphatic rings. The molecule has 1 aromatic rings. The van der Waals surface area contributed by atoms with Crippen molar-refractivity contribution in [2.45, 2.75) is 58.2 Å². The van der Waals surface area contributed by atoms with Crippen molar-refractivity contribution in [3.63, 3.8) is 0 Å². The maximum absolute atomic E-state index is 12.8. The second-order valence-electron chi connectivity index (χ2n) is 8.19. The van der Waals surface area contributed by atoms with Crippen LogP contribution in [0.1, 0.15) is 50.9 Å². The molecule has 0 bridgehead atoms. The van der Waals surface area contributed by atoms with Crippen molar-refractivity contribution in [2.24, 2.45) is 0 Å². The third kappa shape index (κ3) is 4.87. The van der Waals surface area contributed by atoms with Gasteiger partial charge >= 0.3 is 18.0 Å². The van der Waals surface area contributed by atoms with Crippen molar-refractivity contribution in [3.8, 4) is 0 Å². The van der Waals surface area contributed by atoms with E-state index in [1.807, 2.05) is 0 Å². The van der Waals surface area contributed by atoms with Gasteiger partial charge in [-0.25, -0.2) is 14.4 Å². The number of hydrogen-bond donors (Lipinski definition) is 1. The van der Waals surface area contributed by atoms with Crippen LogP contribution in [0.2, 0.25) is 0 Å². The molecule has 9 heteroatoms. The molecule has 2 heterocycles. The minimum absolute atomic E-state index is 0.102. The van der Waals surface area contributed by atoms with E-state index in [1.54, 1.807) is 45.9 Å². The zero-order valence-corrected chi connectivity index (χ0v) is 18.0. The Labute approximate surface area is 180 Å². The predicted octanol–water partition coefficient (Wildman–Crippen LogP) is 2.52. The van der Waals surface area contributed by atoms with Crippen molar-refractivity contribution in [3.05, 3.63) is 47.4 Å². The van der Waals surface area contributed by atoms with E-state index < -0.39 is 41.6 Å². The number of nitrogens with one attached hydrogen (secondary N) is 1. The van der Waals surface area contributed by atoms with E-state index in [-0.39, 0.29) is 23.6 Å². The lowest BCUT2D eigenvalue weighted by atomic mass is 9.86. The van der Waals surface area contributed by atoms with Gasteiger partial charge in [0.15, 0.2) is 5.70 Å². The Kier molecular flexibility index (Phi) is 6.33. The van der Waals surface area contributed by atoms with Gasteiger partial charge in [0.1, 0.15) is 17.4 Å². The van der Waals surface area contributed by atoms with Crippen LogP contribution >= 0.6 is 0 Å². The Morgan fingerprint density at radius 1 is 1.13 bits per heavy atom. The monoisotopic (exact) mass is 430 g/mol. The van der Waals surface area contributed by atoms with E-state index in [2.05, 4.69) is 5.32 Å². The molecule has 2 unspecified atom stereocenters. The van der Waals surface area contributed by atoms with E-state index >= 15 is 0 Å². The molecule has 1 N–H and O–H groups in total. The first-order chi connectivity index (χ1) is 14.6. The molecule has 2 amide bonds. The number of carbonyl (C=O) groups excluding carboxylic acids is 4. The molecular weight excluding hydrogens is 404 g/mol. The minimum atomic E-state index is -0.967. The highest BCUT2D eigenvalue weighted by Crippen LogP contribution is 2.37. The lowest BCUT2D eigenvalue weighted by molar-refractivity contribution is -0.155. The summed E-state index contributed by atoms with van der Waals surface area (Å²) in [5.74, 6) is -2.00. The minimum Gasteiger partial charge on any atom is -0.496 e. The van der Waals surface area contributed by atoms with Gasteiger partial charge in [-0.2, -0.15) is 0 Å². The number of ether oxygens (including phenoxy) is 3. The summed E-state index contributed by atoms with van der Waals surface area (Å²) >= 11 is 0. The Morgan fingerprint density at radius 2 is 1.81 bits per heavy atom. The second kappa shape index (κ2) is 8.79. The number of hydrogen-bond acceptors (Lipinski definition) is 7. The Hall–Kier alpha value is -3.36. The van der Waals surface area contributed by atoms with Gasteiger partial charge < -0.3 is 19.5 Å². The third-order valence-corrected chi connectivity index (χ3v) is 4.77. The number of fused-ring (bicyclic) bond motifs is 1. The largest absolute Gasteiger partial charge is 0.496 e. The van der Waals surface area contributed by atoms with Crippen molar-refractivity contribution in [2.75, 3.05) is 6.61 Å². The van der Waals surface area contributed by atoms with Crippen molar-refractivity contribution < 1.29 is 33.4 Å². The van der Waals surface area contributed by atoms with Gasteiger partial charge in [0, 0.05) is 6.42 Å².